The Balaban J connectivity index is 2.58. The molecule has 16 heavy (non-hydrogen) atoms. The Kier molecular flexibility index (Phi) is 2.22. The molecular formula is C13H10FNO. The number of halogens is 1. The van der Waals surface area contributed by atoms with Crippen molar-refractivity contribution in [2.45, 2.75) is 18.4 Å². The third-order valence-corrected chi connectivity index (χ3v) is 3.13. The summed E-state index contributed by atoms with van der Waals surface area (Å²) in [6, 6.07) is 7.77. The highest BCUT2D eigenvalue weighted by molar-refractivity contribution is 5.41. The second-order valence-corrected chi connectivity index (χ2v) is 4.03. The summed E-state index contributed by atoms with van der Waals surface area (Å²) in [4.78, 5) is 0. The number of aliphatic hydroxyl groups is 1. The van der Waals surface area contributed by atoms with Crippen molar-refractivity contribution in [3.8, 4) is 18.4 Å². The Labute approximate surface area is 93.3 Å². The van der Waals surface area contributed by atoms with Crippen LogP contribution in [0.15, 0.2) is 24.3 Å². The predicted octanol–water partition coefficient (Wildman–Crippen LogP) is 1.95. The molecule has 2 nitrogen and oxygen atoms in total. The normalized spacial score (nSPS) is 20.2. The van der Waals surface area contributed by atoms with Crippen LogP contribution >= 0.6 is 0 Å². The minimum absolute atomic E-state index is 0.0107. The van der Waals surface area contributed by atoms with Gasteiger partial charge in [-0.05, 0) is 18.9 Å². The zero-order chi connectivity index (χ0) is 11.8. The van der Waals surface area contributed by atoms with Crippen LogP contribution in [-0.2, 0) is 5.60 Å². The molecule has 0 unspecified atom stereocenters. The SMILES string of the molecule is C#C[C@](O)(c1ccccc1F)C1(C#N)CC1. The predicted molar refractivity (Wildman–Crippen MR) is 56.4 cm³/mol. The van der Waals surface area contributed by atoms with Gasteiger partial charge in [0.05, 0.1) is 6.07 Å². The second-order valence-electron chi connectivity index (χ2n) is 4.03. The van der Waals surface area contributed by atoms with Crippen molar-refractivity contribution in [1.82, 2.24) is 0 Å². The van der Waals surface area contributed by atoms with Crippen LogP contribution < -0.4 is 0 Å². The van der Waals surface area contributed by atoms with E-state index >= 15 is 0 Å². The van der Waals surface area contributed by atoms with Gasteiger partial charge in [0, 0.05) is 5.56 Å². The van der Waals surface area contributed by atoms with E-state index in [9.17, 15) is 9.50 Å². The molecule has 80 valence electrons. The van der Waals surface area contributed by atoms with Gasteiger partial charge in [0.25, 0.3) is 0 Å². The Morgan fingerprint density at radius 3 is 2.50 bits per heavy atom. The Hall–Kier alpha value is -1.84. The second kappa shape index (κ2) is 3.33. The lowest BCUT2D eigenvalue weighted by Gasteiger charge is -2.27. The van der Waals surface area contributed by atoms with Gasteiger partial charge in [-0.2, -0.15) is 5.26 Å². The van der Waals surface area contributed by atoms with Crippen LogP contribution in [-0.4, -0.2) is 5.11 Å². The first-order valence-corrected chi connectivity index (χ1v) is 4.96. The van der Waals surface area contributed by atoms with Gasteiger partial charge in [-0.3, -0.25) is 0 Å². The summed E-state index contributed by atoms with van der Waals surface area (Å²) < 4.78 is 13.6. The molecule has 0 aromatic heterocycles. The van der Waals surface area contributed by atoms with Gasteiger partial charge in [-0.15, -0.1) is 6.42 Å². The molecule has 3 heteroatoms. The first kappa shape index (κ1) is 10.7. The van der Waals surface area contributed by atoms with Gasteiger partial charge in [-0.25, -0.2) is 4.39 Å². The number of benzene rings is 1. The van der Waals surface area contributed by atoms with E-state index in [0.29, 0.717) is 12.8 Å². The molecule has 0 bridgehead atoms. The molecule has 1 fully saturated rings. The molecular weight excluding hydrogens is 205 g/mol. The maximum Gasteiger partial charge on any atom is 0.172 e. The summed E-state index contributed by atoms with van der Waals surface area (Å²) in [5.74, 6) is 1.60. The van der Waals surface area contributed by atoms with Gasteiger partial charge in [0.2, 0.25) is 0 Å². The fourth-order valence-corrected chi connectivity index (χ4v) is 1.91. The highest BCUT2D eigenvalue weighted by Crippen LogP contribution is 2.57. The van der Waals surface area contributed by atoms with Crippen molar-refractivity contribution in [3.05, 3.63) is 35.6 Å². The smallest absolute Gasteiger partial charge is 0.172 e. The highest BCUT2D eigenvalue weighted by Gasteiger charge is 2.60. The number of rotatable bonds is 2. The summed E-state index contributed by atoms with van der Waals surface area (Å²) in [5, 5.41) is 19.4. The van der Waals surface area contributed by atoms with Crippen LogP contribution in [0.1, 0.15) is 18.4 Å². The molecule has 0 amide bonds. The van der Waals surface area contributed by atoms with Gasteiger partial charge >= 0.3 is 0 Å². The van der Waals surface area contributed by atoms with E-state index in [4.69, 9.17) is 11.7 Å². The Morgan fingerprint density at radius 2 is 2.06 bits per heavy atom. The van der Waals surface area contributed by atoms with E-state index in [0.717, 1.165) is 0 Å². The van der Waals surface area contributed by atoms with Crippen molar-refractivity contribution >= 4 is 0 Å². The lowest BCUT2D eigenvalue weighted by Crippen LogP contribution is -2.35. The summed E-state index contributed by atoms with van der Waals surface area (Å²) in [7, 11) is 0. The molecule has 1 N–H and O–H groups in total. The van der Waals surface area contributed by atoms with E-state index < -0.39 is 16.8 Å². The Morgan fingerprint density at radius 1 is 1.44 bits per heavy atom. The lowest BCUT2D eigenvalue weighted by atomic mass is 9.79. The molecule has 0 spiro atoms. The number of nitrogens with zero attached hydrogens (tertiary/aromatic N) is 1. The topological polar surface area (TPSA) is 44.0 Å². The molecule has 0 radical (unpaired) electrons. The minimum Gasteiger partial charge on any atom is -0.372 e. The number of hydrogen-bond acceptors (Lipinski definition) is 2. The molecule has 1 aliphatic carbocycles. The number of nitriles is 1. The molecule has 0 heterocycles. The maximum atomic E-state index is 13.6. The average Bonchev–Trinajstić information content (AvgIpc) is 3.10. The van der Waals surface area contributed by atoms with E-state index in [-0.39, 0.29) is 5.56 Å². The third kappa shape index (κ3) is 1.23. The van der Waals surface area contributed by atoms with Crippen molar-refractivity contribution < 1.29 is 9.50 Å². The zero-order valence-electron chi connectivity index (χ0n) is 8.57. The van der Waals surface area contributed by atoms with Crippen molar-refractivity contribution in [2.75, 3.05) is 0 Å². The zero-order valence-corrected chi connectivity index (χ0v) is 8.57. The van der Waals surface area contributed by atoms with Crippen molar-refractivity contribution in [2.24, 2.45) is 5.41 Å². The van der Waals surface area contributed by atoms with Gasteiger partial charge in [0.15, 0.2) is 5.60 Å². The van der Waals surface area contributed by atoms with Crippen LogP contribution in [0.25, 0.3) is 0 Å². The number of hydrogen-bond donors (Lipinski definition) is 1. The average molecular weight is 215 g/mol. The van der Waals surface area contributed by atoms with Gasteiger partial charge in [0.1, 0.15) is 11.2 Å². The summed E-state index contributed by atoms with van der Waals surface area (Å²) in [6.45, 7) is 0. The number of terminal acetylenes is 1. The molecule has 0 saturated heterocycles. The molecule has 2 rings (SSSR count). The van der Waals surface area contributed by atoms with E-state index in [1.54, 1.807) is 6.07 Å². The van der Waals surface area contributed by atoms with Gasteiger partial charge in [-0.1, -0.05) is 24.1 Å². The Bertz CT molecular complexity index is 507. The lowest BCUT2D eigenvalue weighted by molar-refractivity contribution is 0.0422. The molecule has 1 aromatic carbocycles. The van der Waals surface area contributed by atoms with E-state index in [1.807, 2.05) is 6.07 Å². The maximum absolute atomic E-state index is 13.6. The van der Waals surface area contributed by atoms with Crippen molar-refractivity contribution in [3.63, 3.8) is 0 Å². The summed E-state index contributed by atoms with van der Waals surface area (Å²) in [5.41, 5.74) is -2.84. The van der Waals surface area contributed by atoms with Crippen LogP contribution in [0, 0.1) is 34.9 Å². The monoisotopic (exact) mass is 215 g/mol. The molecule has 1 aliphatic rings. The fraction of sp³-hybridized carbons (Fsp3) is 0.308. The van der Waals surface area contributed by atoms with Crippen LogP contribution in [0.2, 0.25) is 0 Å². The van der Waals surface area contributed by atoms with Crippen LogP contribution in [0.4, 0.5) is 4.39 Å². The summed E-state index contributed by atoms with van der Waals surface area (Å²) >= 11 is 0. The molecule has 1 atom stereocenters. The first-order chi connectivity index (χ1) is 7.59. The largest absolute Gasteiger partial charge is 0.372 e. The van der Waals surface area contributed by atoms with Gasteiger partial charge < -0.3 is 5.11 Å². The molecule has 1 aromatic rings. The van der Waals surface area contributed by atoms with E-state index in [2.05, 4.69) is 5.92 Å². The van der Waals surface area contributed by atoms with Crippen LogP contribution in [0.3, 0.4) is 0 Å². The summed E-state index contributed by atoms with van der Waals surface area (Å²) in [6.07, 6.45) is 6.29. The highest BCUT2D eigenvalue weighted by atomic mass is 19.1. The van der Waals surface area contributed by atoms with Crippen molar-refractivity contribution in [1.29, 1.82) is 5.26 Å². The van der Waals surface area contributed by atoms with E-state index in [1.165, 1.54) is 18.2 Å². The minimum atomic E-state index is -1.83. The molecule has 0 aliphatic heterocycles. The standard InChI is InChI=1S/C13H10FNO/c1-2-13(16,12(9-15)7-8-12)10-5-3-4-6-11(10)14/h1,3-6,16H,7-8H2/t13-/m0/s1. The first-order valence-electron chi connectivity index (χ1n) is 4.96. The quantitative estimate of drug-likeness (QED) is 0.766. The molecule has 1 saturated carbocycles. The third-order valence-electron chi connectivity index (χ3n) is 3.13. The van der Waals surface area contributed by atoms with Crippen LogP contribution in [0.5, 0.6) is 0 Å². The fourth-order valence-electron chi connectivity index (χ4n) is 1.91.